The molecule has 0 spiro atoms. The van der Waals surface area contributed by atoms with Crippen LogP contribution in [0, 0.1) is 46.3 Å². The lowest BCUT2D eigenvalue weighted by Crippen LogP contribution is -2.55. The van der Waals surface area contributed by atoms with E-state index in [-0.39, 0.29) is 11.8 Å². The highest BCUT2D eigenvalue weighted by Crippen LogP contribution is 2.69. The minimum Gasteiger partial charge on any atom is -0.354 e. The number of hydrogen-bond acceptors (Lipinski definition) is 2. The molecule has 4 rings (SSSR count). The third kappa shape index (κ3) is 11.6. The monoisotopic (exact) mass is 681 g/mol. The van der Waals surface area contributed by atoms with E-state index in [1.165, 1.54) is 141 Å². The van der Waals surface area contributed by atoms with E-state index in [1.807, 2.05) is 0 Å². The van der Waals surface area contributed by atoms with Crippen molar-refractivity contribution >= 4 is 11.8 Å². The first-order chi connectivity index (χ1) is 23.8. The van der Waals surface area contributed by atoms with Crippen LogP contribution in [0.1, 0.15) is 201 Å². The molecule has 0 saturated heterocycles. The number of fused-ring (bicyclic) bond motifs is 5. The summed E-state index contributed by atoms with van der Waals surface area (Å²) in [6, 6.07) is 0. The van der Waals surface area contributed by atoms with Gasteiger partial charge in [0.05, 0.1) is 0 Å². The molecule has 0 aliphatic heterocycles. The van der Waals surface area contributed by atoms with Crippen molar-refractivity contribution < 1.29 is 9.59 Å². The molecule has 49 heavy (non-hydrogen) atoms. The van der Waals surface area contributed by atoms with Gasteiger partial charge in [-0.1, -0.05) is 110 Å². The van der Waals surface area contributed by atoms with Crippen LogP contribution in [0.15, 0.2) is 12.2 Å². The Labute approximate surface area is 304 Å². The average molecular weight is 681 g/mol. The molecule has 4 saturated carbocycles. The molecule has 2 N–H and O–H groups in total. The van der Waals surface area contributed by atoms with Crippen LogP contribution < -0.4 is 10.6 Å². The Hall–Kier alpha value is -1.32. The number of rotatable bonds is 23. The van der Waals surface area contributed by atoms with E-state index in [1.54, 1.807) is 0 Å². The molecule has 0 bridgehead atoms. The van der Waals surface area contributed by atoms with Gasteiger partial charge >= 0.3 is 0 Å². The molecule has 4 heteroatoms. The standard InChI is InChI=1S/C45H80N2O2/c1-5-7-8-9-10-11-12-13-14-15-16-17-18-19-20-26-42(48)46-33-34-47-43(49)27-23-24-37-28-29-40-38-35-36(6-2)39-25-21-22-31-45(39,4)41(38)30-32-44(37,40)3/h13-14,36-41H,5-12,15-35H2,1-4H3,(H,46,48)(H,47,49)/b14-13-/t36-,37?,38?,39?,40?,41-,44?,45?/m0/s1. The predicted octanol–water partition coefficient (Wildman–Crippen LogP) is 12.1. The molecule has 4 nitrogen and oxygen atoms in total. The van der Waals surface area contributed by atoms with Gasteiger partial charge in [-0.3, -0.25) is 9.59 Å². The molecule has 2 amide bonds. The molecule has 0 aromatic rings. The number of hydrogen-bond donors (Lipinski definition) is 2. The van der Waals surface area contributed by atoms with Crippen molar-refractivity contribution in [3.05, 3.63) is 12.2 Å². The second kappa shape index (κ2) is 21.3. The summed E-state index contributed by atoms with van der Waals surface area (Å²) in [6.45, 7) is 11.2. The first-order valence-corrected chi connectivity index (χ1v) is 22.0. The molecule has 282 valence electrons. The maximum atomic E-state index is 12.7. The molecule has 4 aliphatic carbocycles. The molecule has 4 aliphatic rings. The normalized spacial score (nSPS) is 32.4. The van der Waals surface area contributed by atoms with E-state index in [0.29, 0.717) is 36.8 Å². The Bertz CT molecular complexity index is 993. The van der Waals surface area contributed by atoms with Crippen molar-refractivity contribution in [3.63, 3.8) is 0 Å². The van der Waals surface area contributed by atoms with E-state index in [9.17, 15) is 9.59 Å². The molecular formula is C45H80N2O2. The zero-order valence-electron chi connectivity index (χ0n) is 32.9. The lowest BCUT2D eigenvalue weighted by atomic mass is 9.42. The van der Waals surface area contributed by atoms with Gasteiger partial charge in [0.1, 0.15) is 0 Å². The Morgan fingerprint density at radius 2 is 1.24 bits per heavy atom. The number of carbonyl (C=O) groups is 2. The summed E-state index contributed by atoms with van der Waals surface area (Å²) >= 11 is 0. The first-order valence-electron chi connectivity index (χ1n) is 22.0. The quantitative estimate of drug-likeness (QED) is 0.0833. The predicted molar refractivity (Wildman–Crippen MR) is 208 cm³/mol. The molecular weight excluding hydrogens is 601 g/mol. The van der Waals surface area contributed by atoms with Crippen molar-refractivity contribution in [2.45, 2.75) is 201 Å². The maximum absolute atomic E-state index is 12.7. The number of amides is 2. The lowest BCUT2D eigenvalue weighted by molar-refractivity contribution is -0.136. The summed E-state index contributed by atoms with van der Waals surface area (Å²) in [5, 5.41) is 6.08. The number of nitrogens with one attached hydrogen (secondary N) is 2. The van der Waals surface area contributed by atoms with Crippen LogP contribution in [0.2, 0.25) is 0 Å². The van der Waals surface area contributed by atoms with Gasteiger partial charge in [0.25, 0.3) is 0 Å². The fourth-order valence-electron chi connectivity index (χ4n) is 12.0. The highest BCUT2D eigenvalue weighted by Gasteiger charge is 2.60. The van der Waals surface area contributed by atoms with Gasteiger partial charge in [-0.2, -0.15) is 0 Å². The first kappa shape index (κ1) is 40.5. The van der Waals surface area contributed by atoms with Crippen molar-refractivity contribution in [2.24, 2.45) is 46.3 Å². The topological polar surface area (TPSA) is 58.2 Å². The molecule has 8 atom stereocenters. The van der Waals surface area contributed by atoms with Gasteiger partial charge < -0.3 is 10.6 Å². The van der Waals surface area contributed by atoms with Crippen LogP contribution in [0.25, 0.3) is 0 Å². The summed E-state index contributed by atoms with van der Waals surface area (Å²) in [4.78, 5) is 24.9. The molecule has 0 radical (unpaired) electrons. The van der Waals surface area contributed by atoms with Crippen LogP contribution in [-0.4, -0.2) is 24.9 Å². The smallest absolute Gasteiger partial charge is 0.220 e. The zero-order valence-corrected chi connectivity index (χ0v) is 32.9. The van der Waals surface area contributed by atoms with Crippen molar-refractivity contribution in [2.75, 3.05) is 13.1 Å². The van der Waals surface area contributed by atoms with Gasteiger partial charge in [-0.15, -0.1) is 0 Å². The maximum Gasteiger partial charge on any atom is 0.220 e. The second-order valence-corrected chi connectivity index (χ2v) is 17.9. The molecule has 4 fully saturated rings. The minimum absolute atomic E-state index is 0.127. The van der Waals surface area contributed by atoms with Gasteiger partial charge in [-0.05, 0) is 136 Å². The van der Waals surface area contributed by atoms with E-state index in [4.69, 9.17) is 0 Å². The van der Waals surface area contributed by atoms with E-state index in [2.05, 4.69) is 50.5 Å². The SMILES string of the molecule is CCCCCCCC/C=C\CCCCCCCC(=O)NCCNC(=O)CCCC1CCC2C3C[C@H](CC)C4CCCCC4(C)[C@H]3CCC12C. The van der Waals surface area contributed by atoms with Gasteiger partial charge in [0.2, 0.25) is 11.8 Å². The second-order valence-electron chi connectivity index (χ2n) is 17.9. The highest BCUT2D eigenvalue weighted by atomic mass is 16.2. The Balaban J connectivity index is 0.999. The lowest BCUT2D eigenvalue weighted by Gasteiger charge is -2.62. The minimum atomic E-state index is 0.127. The van der Waals surface area contributed by atoms with Crippen molar-refractivity contribution in [3.8, 4) is 0 Å². The van der Waals surface area contributed by atoms with Gasteiger partial charge in [0, 0.05) is 25.9 Å². The fourth-order valence-corrected chi connectivity index (χ4v) is 12.0. The van der Waals surface area contributed by atoms with Gasteiger partial charge in [0.15, 0.2) is 0 Å². The van der Waals surface area contributed by atoms with E-state index < -0.39 is 0 Å². The van der Waals surface area contributed by atoms with Crippen molar-refractivity contribution in [1.82, 2.24) is 10.6 Å². The number of carbonyl (C=O) groups excluding carboxylic acids is 2. The third-order valence-corrected chi connectivity index (χ3v) is 14.9. The average Bonchev–Trinajstić information content (AvgIpc) is 3.43. The summed E-state index contributed by atoms with van der Waals surface area (Å²) in [5.74, 6) is 5.83. The fraction of sp³-hybridized carbons (Fsp3) is 0.911. The van der Waals surface area contributed by atoms with Gasteiger partial charge in [-0.25, -0.2) is 0 Å². The molecule has 0 heterocycles. The molecule has 6 unspecified atom stereocenters. The summed E-state index contributed by atoms with van der Waals surface area (Å²) in [6.07, 6.45) is 39.2. The zero-order chi connectivity index (χ0) is 35.0. The largest absolute Gasteiger partial charge is 0.354 e. The Morgan fingerprint density at radius 3 is 1.92 bits per heavy atom. The van der Waals surface area contributed by atoms with Crippen LogP contribution in [0.5, 0.6) is 0 Å². The summed E-state index contributed by atoms with van der Waals surface area (Å²) < 4.78 is 0. The number of unbranched alkanes of at least 4 members (excludes halogenated alkanes) is 11. The van der Waals surface area contributed by atoms with E-state index >= 15 is 0 Å². The van der Waals surface area contributed by atoms with Crippen LogP contribution in [-0.2, 0) is 9.59 Å². The summed E-state index contributed by atoms with van der Waals surface area (Å²) in [5.41, 5.74) is 1.09. The van der Waals surface area contributed by atoms with E-state index in [0.717, 1.165) is 54.8 Å². The van der Waals surface area contributed by atoms with Crippen molar-refractivity contribution in [1.29, 1.82) is 0 Å². The molecule has 0 aromatic carbocycles. The Morgan fingerprint density at radius 1 is 0.633 bits per heavy atom. The highest BCUT2D eigenvalue weighted by molar-refractivity contribution is 5.77. The van der Waals surface area contributed by atoms with Crippen LogP contribution in [0.3, 0.4) is 0 Å². The van der Waals surface area contributed by atoms with Crippen LogP contribution >= 0.6 is 0 Å². The molecule has 0 aromatic heterocycles. The Kier molecular flexibility index (Phi) is 17.6. The third-order valence-electron chi connectivity index (χ3n) is 14.9. The number of allylic oxidation sites excluding steroid dienone is 2. The summed E-state index contributed by atoms with van der Waals surface area (Å²) in [7, 11) is 0. The van der Waals surface area contributed by atoms with Crippen LogP contribution in [0.4, 0.5) is 0 Å².